The normalized spacial score (nSPS) is 10.1. The third kappa shape index (κ3) is 2.98. The minimum Gasteiger partial charge on any atom is -0.508 e. The Morgan fingerprint density at radius 1 is 1.16 bits per heavy atom. The second-order valence-corrected chi connectivity index (χ2v) is 3.98. The topological polar surface area (TPSA) is 63.6 Å². The first kappa shape index (κ1) is 12.8. The van der Waals surface area contributed by atoms with E-state index in [0.717, 1.165) is 16.8 Å². The highest BCUT2D eigenvalue weighted by Gasteiger charge is 2.09. The van der Waals surface area contributed by atoms with Crippen molar-refractivity contribution in [3.8, 4) is 5.75 Å². The number of hydrogen-bond acceptors (Lipinski definition) is 4. The number of fused-ring (bicyclic) bond motifs is 1. The van der Waals surface area contributed by atoms with Crippen molar-refractivity contribution in [3.05, 3.63) is 54.6 Å². The number of hydrogen-bond donors (Lipinski definition) is 1. The van der Waals surface area contributed by atoms with Gasteiger partial charge in [0, 0.05) is 11.6 Å². The molecule has 0 aliphatic rings. The molecule has 0 heterocycles. The summed E-state index contributed by atoms with van der Waals surface area (Å²) in [6.45, 7) is 2.94. The van der Waals surface area contributed by atoms with Crippen molar-refractivity contribution in [1.29, 1.82) is 0 Å². The average Bonchev–Trinajstić information content (AvgIpc) is 2.43. The molecule has 0 aliphatic heterocycles. The molecule has 0 saturated heterocycles. The zero-order chi connectivity index (χ0) is 13.8. The number of ketones is 1. The van der Waals surface area contributed by atoms with Gasteiger partial charge in [0.25, 0.3) is 0 Å². The SMILES string of the molecule is C=CC(=O)OCC(=O)c1ccc2cc(O)ccc2c1. The van der Waals surface area contributed by atoms with E-state index in [1.54, 1.807) is 36.4 Å². The summed E-state index contributed by atoms with van der Waals surface area (Å²) in [6, 6.07) is 9.94. The third-order valence-corrected chi connectivity index (χ3v) is 2.66. The van der Waals surface area contributed by atoms with Crippen molar-refractivity contribution in [2.75, 3.05) is 6.61 Å². The van der Waals surface area contributed by atoms with Gasteiger partial charge >= 0.3 is 5.97 Å². The molecule has 2 aromatic rings. The van der Waals surface area contributed by atoms with Crippen LogP contribution in [0.15, 0.2) is 49.1 Å². The van der Waals surface area contributed by atoms with Crippen LogP contribution in [0.2, 0.25) is 0 Å². The molecule has 0 aliphatic carbocycles. The lowest BCUT2D eigenvalue weighted by Gasteiger charge is -2.04. The molecule has 0 fully saturated rings. The average molecular weight is 256 g/mol. The maximum absolute atomic E-state index is 11.8. The van der Waals surface area contributed by atoms with E-state index in [-0.39, 0.29) is 18.1 Å². The molecule has 0 saturated carbocycles. The summed E-state index contributed by atoms with van der Waals surface area (Å²) in [4.78, 5) is 22.7. The van der Waals surface area contributed by atoms with Crippen molar-refractivity contribution >= 4 is 22.5 Å². The zero-order valence-corrected chi connectivity index (χ0v) is 10.1. The highest BCUT2D eigenvalue weighted by Crippen LogP contribution is 2.21. The molecule has 2 rings (SSSR count). The van der Waals surface area contributed by atoms with Gasteiger partial charge in [-0.05, 0) is 29.0 Å². The molecule has 2 aromatic carbocycles. The van der Waals surface area contributed by atoms with Crippen LogP contribution < -0.4 is 0 Å². The lowest BCUT2D eigenvalue weighted by atomic mass is 10.0. The van der Waals surface area contributed by atoms with E-state index < -0.39 is 5.97 Å². The number of phenols is 1. The standard InChI is InChI=1S/C15H12O4/c1-2-15(18)19-9-14(17)12-4-3-11-8-13(16)6-5-10(11)7-12/h2-8,16H,1,9H2. The molecule has 0 amide bonds. The number of esters is 1. The van der Waals surface area contributed by atoms with Crippen LogP contribution in [0.5, 0.6) is 5.75 Å². The largest absolute Gasteiger partial charge is 0.508 e. The summed E-state index contributed by atoms with van der Waals surface area (Å²) in [5, 5.41) is 11.0. The molecule has 96 valence electrons. The van der Waals surface area contributed by atoms with Gasteiger partial charge in [0.05, 0.1) is 0 Å². The predicted molar refractivity (Wildman–Crippen MR) is 71.1 cm³/mol. The van der Waals surface area contributed by atoms with Gasteiger partial charge < -0.3 is 9.84 Å². The summed E-state index contributed by atoms with van der Waals surface area (Å²) in [5.41, 5.74) is 0.454. The minimum atomic E-state index is -0.626. The molecule has 1 N–H and O–H groups in total. The number of ether oxygens (including phenoxy) is 1. The molecule has 0 unspecified atom stereocenters. The van der Waals surface area contributed by atoms with Gasteiger partial charge in [0.15, 0.2) is 12.4 Å². The van der Waals surface area contributed by atoms with Gasteiger partial charge in [-0.3, -0.25) is 4.79 Å². The van der Waals surface area contributed by atoms with Crippen LogP contribution in [0.1, 0.15) is 10.4 Å². The lowest BCUT2D eigenvalue weighted by molar-refractivity contribution is -0.136. The molecular formula is C15H12O4. The second-order valence-electron chi connectivity index (χ2n) is 3.98. The molecule has 4 nitrogen and oxygen atoms in total. The van der Waals surface area contributed by atoms with Crippen molar-refractivity contribution in [1.82, 2.24) is 0 Å². The highest BCUT2D eigenvalue weighted by atomic mass is 16.5. The van der Waals surface area contributed by atoms with Gasteiger partial charge in [-0.15, -0.1) is 0 Å². The van der Waals surface area contributed by atoms with Gasteiger partial charge in [-0.2, -0.15) is 0 Å². The van der Waals surface area contributed by atoms with E-state index in [0.29, 0.717) is 5.56 Å². The number of aromatic hydroxyl groups is 1. The molecule has 0 aromatic heterocycles. The fourth-order valence-corrected chi connectivity index (χ4v) is 1.69. The summed E-state index contributed by atoms with van der Waals surface area (Å²) >= 11 is 0. The van der Waals surface area contributed by atoms with Crippen molar-refractivity contribution in [2.45, 2.75) is 0 Å². The van der Waals surface area contributed by atoms with E-state index in [2.05, 4.69) is 6.58 Å². The van der Waals surface area contributed by atoms with Gasteiger partial charge in [0.2, 0.25) is 0 Å². The fourth-order valence-electron chi connectivity index (χ4n) is 1.69. The van der Waals surface area contributed by atoms with E-state index in [9.17, 15) is 14.7 Å². The summed E-state index contributed by atoms with van der Waals surface area (Å²) < 4.78 is 4.69. The maximum atomic E-state index is 11.8. The van der Waals surface area contributed by atoms with Crippen molar-refractivity contribution < 1.29 is 19.4 Å². The summed E-state index contributed by atoms with van der Waals surface area (Å²) in [7, 11) is 0. The number of phenolic OH excluding ortho intramolecular Hbond substituents is 1. The first-order valence-electron chi connectivity index (χ1n) is 5.65. The van der Waals surface area contributed by atoms with Gasteiger partial charge in [0.1, 0.15) is 5.75 Å². The molecular weight excluding hydrogens is 244 g/mol. The second kappa shape index (κ2) is 5.35. The Balaban J connectivity index is 2.21. The predicted octanol–water partition coefficient (Wildman–Crippen LogP) is 2.46. The highest BCUT2D eigenvalue weighted by molar-refractivity contribution is 6.01. The van der Waals surface area contributed by atoms with Crippen molar-refractivity contribution in [3.63, 3.8) is 0 Å². The van der Waals surface area contributed by atoms with Crippen LogP contribution in [-0.2, 0) is 9.53 Å². The lowest BCUT2D eigenvalue weighted by Crippen LogP contribution is -2.12. The number of rotatable bonds is 4. The first-order valence-corrected chi connectivity index (χ1v) is 5.65. The van der Waals surface area contributed by atoms with Gasteiger partial charge in [-0.25, -0.2) is 4.79 Å². The molecule has 0 bridgehead atoms. The van der Waals surface area contributed by atoms with E-state index in [1.807, 2.05) is 0 Å². The van der Waals surface area contributed by atoms with E-state index in [4.69, 9.17) is 4.74 Å². The molecule has 0 spiro atoms. The Bertz CT molecular complexity index is 658. The monoisotopic (exact) mass is 256 g/mol. The number of Topliss-reactive ketones (excluding diaryl/α,β-unsaturated/α-hetero) is 1. The van der Waals surface area contributed by atoms with Crippen molar-refractivity contribution in [2.24, 2.45) is 0 Å². The van der Waals surface area contributed by atoms with Crippen LogP contribution in [-0.4, -0.2) is 23.5 Å². The van der Waals surface area contributed by atoms with Crippen LogP contribution >= 0.6 is 0 Å². The fraction of sp³-hybridized carbons (Fsp3) is 0.0667. The molecule has 19 heavy (non-hydrogen) atoms. The number of carbonyl (C=O) groups is 2. The Morgan fingerprint density at radius 2 is 1.84 bits per heavy atom. The first-order chi connectivity index (χ1) is 9.10. The number of benzene rings is 2. The Hall–Kier alpha value is -2.62. The zero-order valence-electron chi connectivity index (χ0n) is 10.1. The Kier molecular flexibility index (Phi) is 3.61. The molecule has 0 atom stereocenters. The van der Waals surface area contributed by atoms with Gasteiger partial charge in [-0.1, -0.05) is 24.8 Å². The van der Waals surface area contributed by atoms with Crippen LogP contribution in [0.25, 0.3) is 10.8 Å². The van der Waals surface area contributed by atoms with Crippen LogP contribution in [0.4, 0.5) is 0 Å². The summed E-state index contributed by atoms with van der Waals surface area (Å²) in [6.07, 6.45) is 1.01. The smallest absolute Gasteiger partial charge is 0.330 e. The summed E-state index contributed by atoms with van der Waals surface area (Å²) in [5.74, 6) is -0.740. The van der Waals surface area contributed by atoms with E-state index >= 15 is 0 Å². The quantitative estimate of drug-likeness (QED) is 0.518. The Morgan fingerprint density at radius 3 is 2.58 bits per heavy atom. The third-order valence-electron chi connectivity index (χ3n) is 2.66. The molecule has 0 radical (unpaired) electrons. The van der Waals surface area contributed by atoms with E-state index in [1.165, 1.54) is 0 Å². The van der Waals surface area contributed by atoms with Crippen LogP contribution in [0, 0.1) is 0 Å². The number of carbonyl (C=O) groups excluding carboxylic acids is 2. The molecule has 4 heteroatoms. The Labute approximate surface area is 109 Å². The minimum absolute atomic E-state index is 0.173. The maximum Gasteiger partial charge on any atom is 0.330 e. The van der Waals surface area contributed by atoms with Crippen LogP contribution in [0.3, 0.4) is 0 Å².